The van der Waals surface area contributed by atoms with E-state index in [1.165, 1.54) is 83.3 Å². The first-order chi connectivity index (χ1) is 14.7. The van der Waals surface area contributed by atoms with Crippen LogP contribution in [-0.2, 0) is 0 Å². The summed E-state index contributed by atoms with van der Waals surface area (Å²) in [6.07, 6.45) is 20.9. The van der Waals surface area contributed by atoms with Crippen LogP contribution < -0.4 is 9.47 Å². The van der Waals surface area contributed by atoms with Crippen molar-refractivity contribution in [2.75, 3.05) is 13.2 Å². The van der Waals surface area contributed by atoms with E-state index in [0.29, 0.717) is 19.0 Å². The van der Waals surface area contributed by atoms with E-state index in [2.05, 4.69) is 13.8 Å². The second kappa shape index (κ2) is 18.1. The summed E-state index contributed by atoms with van der Waals surface area (Å²) in [5, 5.41) is 9.32. The molecule has 0 saturated heterocycles. The Bertz CT molecular complexity index is 538. The first kappa shape index (κ1) is 26.4. The van der Waals surface area contributed by atoms with Crippen LogP contribution in [0.2, 0.25) is 0 Å². The van der Waals surface area contributed by atoms with Gasteiger partial charge in [-0.2, -0.15) is 0 Å². The van der Waals surface area contributed by atoms with Crippen LogP contribution >= 0.6 is 0 Å². The van der Waals surface area contributed by atoms with Gasteiger partial charge in [-0.3, -0.25) is 0 Å². The van der Waals surface area contributed by atoms with E-state index in [1.54, 1.807) is 0 Å². The van der Waals surface area contributed by atoms with Crippen molar-refractivity contribution in [2.45, 2.75) is 117 Å². The first-order valence-electron chi connectivity index (χ1n) is 12.3. The van der Waals surface area contributed by atoms with E-state index >= 15 is 0 Å². The molecule has 5 heteroatoms. The quantitative estimate of drug-likeness (QED) is 0.202. The van der Waals surface area contributed by atoms with Gasteiger partial charge in [-0.15, -0.1) is 0 Å². The second-order valence-corrected chi connectivity index (χ2v) is 8.21. The molecule has 0 aromatic carbocycles. The third kappa shape index (κ3) is 12.1. The van der Waals surface area contributed by atoms with E-state index in [0.717, 1.165) is 25.7 Å². The van der Waals surface area contributed by atoms with Gasteiger partial charge in [-0.1, -0.05) is 104 Å². The molecular weight excluding hydrogens is 380 g/mol. The average molecular weight is 425 g/mol. The van der Waals surface area contributed by atoms with Crippen LogP contribution in [0.3, 0.4) is 0 Å². The summed E-state index contributed by atoms with van der Waals surface area (Å²) in [5.41, 5.74) is 0. The van der Waals surface area contributed by atoms with Crippen molar-refractivity contribution < 1.29 is 23.8 Å². The first-order valence-corrected chi connectivity index (χ1v) is 12.3. The summed E-state index contributed by atoms with van der Waals surface area (Å²) < 4.78 is 16.7. The molecule has 0 saturated carbocycles. The fourth-order valence-corrected chi connectivity index (χ4v) is 3.54. The Balaban J connectivity index is 2.23. The third-order valence-corrected chi connectivity index (χ3v) is 5.41. The summed E-state index contributed by atoms with van der Waals surface area (Å²) in [4.78, 5) is 11.4. The molecule has 0 aliphatic carbocycles. The minimum atomic E-state index is -1.12. The largest absolute Gasteiger partial charge is 0.487 e. The normalized spacial score (nSPS) is 11.0. The van der Waals surface area contributed by atoms with Gasteiger partial charge in [0.1, 0.15) is 6.26 Å². The number of carboxylic acid groups (broad SMARTS) is 1. The van der Waals surface area contributed by atoms with Crippen molar-refractivity contribution >= 4 is 5.97 Å². The second-order valence-electron chi connectivity index (χ2n) is 8.21. The number of hydrogen-bond acceptors (Lipinski definition) is 4. The zero-order chi connectivity index (χ0) is 21.9. The van der Waals surface area contributed by atoms with E-state index in [-0.39, 0.29) is 11.5 Å². The molecule has 0 bridgehead atoms. The Morgan fingerprint density at radius 1 is 0.733 bits per heavy atom. The lowest BCUT2D eigenvalue weighted by atomic mass is 10.1. The number of ether oxygens (including phenoxy) is 2. The van der Waals surface area contributed by atoms with Gasteiger partial charge in [-0.05, 0) is 12.8 Å². The lowest BCUT2D eigenvalue weighted by Gasteiger charge is -2.09. The molecule has 0 aliphatic rings. The molecule has 0 unspecified atom stereocenters. The van der Waals surface area contributed by atoms with Crippen molar-refractivity contribution in [2.24, 2.45) is 0 Å². The topological polar surface area (TPSA) is 68.9 Å². The Morgan fingerprint density at radius 2 is 1.17 bits per heavy atom. The monoisotopic (exact) mass is 424 g/mol. The molecule has 1 rings (SSSR count). The average Bonchev–Trinajstić information content (AvgIpc) is 3.14. The van der Waals surface area contributed by atoms with Crippen LogP contribution in [-0.4, -0.2) is 24.3 Å². The van der Waals surface area contributed by atoms with Crippen molar-refractivity contribution in [1.29, 1.82) is 0 Å². The SMILES string of the molecule is CCCCCCCCCCOc1coc(C(=O)O)c1OCCCCCCCCCC. The fraction of sp³-hybridized carbons (Fsp3) is 0.800. The maximum absolute atomic E-state index is 11.4. The molecule has 0 radical (unpaired) electrons. The number of aromatic carboxylic acids is 1. The molecule has 0 atom stereocenters. The Hall–Kier alpha value is -1.65. The maximum atomic E-state index is 11.4. The van der Waals surface area contributed by atoms with Crippen LogP contribution in [0.25, 0.3) is 0 Å². The summed E-state index contributed by atoms with van der Waals surface area (Å²) in [6, 6.07) is 0. The molecule has 30 heavy (non-hydrogen) atoms. The Kier molecular flexibility index (Phi) is 16.0. The standard InChI is InChI=1S/C25H44O5/c1-3-5-7-9-11-13-15-17-19-28-22-21-30-24(25(26)27)23(22)29-20-18-16-14-12-10-8-6-4-2/h21H,3-20H2,1-2H3,(H,26,27). The number of rotatable bonds is 21. The molecular formula is C25H44O5. The molecule has 0 spiro atoms. The summed E-state index contributed by atoms with van der Waals surface area (Å²) >= 11 is 0. The van der Waals surface area contributed by atoms with Gasteiger partial charge in [0.2, 0.25) is 11.5 Å². The van der Waals surface area contributed by atoms with Crippen LogP contribution in [0, 0.1) is 0 Å². The van der Waals surface area contributed by atoms with Crippen molar-refractivity contribution in [3.63, 3.8) is 0 Å². The molecule has 174 valence electrons. The summed E-state index contributed by atoms with van der Waals surface area (Å²) in [5.74, 6) is -0.636. The van der Waals surface area contributed by atoms with Gasteiger partial charge in [0, 0.05) is 0 Å². The zero-order valence-electron chi connectivity index (χ0n) is 19.4. The number of hydrogen-bond donors (Lipinski definition) is 1. The van der Waals surface area contributed by atoms with Gasteiger partial charge < -0.3 is 19.0 Å². The van der Waals surface area contributed by atoms with E-state index in [9.17, 15) is 9.90 Å². The number of furan rings is 1. The third-order valence-electron chi connectivity index (χ3n) is 5.41. The molecule has 1 aromatic rings. The number of carboxylic acids is 1. The summed E-state index contributed by atoms with van der Waals surface area (Å²) in [7, 11) is 0. The van der Waals surface area contributed by atoms with E-state index in [4.69, 9.17) is 13.9 Å². The Labute approximate surface area is 183 Å². The Morgan fingerprint density at radius 3 is 1.63 bits per heavy atom. The molecule has 0 fully saturated rings. The van der Waals surface area contributed by atoms with E-state index < -0.39 is 5.97 Å². The van der Waals surface area contributed by atoms with Gasteiger partial charge in [0.15, 0.2) is 0 Å². The van der Waals surface area contributed by atoms with Gasteiger partial charge in [0.05, 0.1) is 13.2 Å². The zero-order valence-corrected chi connectivity index (χ0v) is 19.4. The van der Waals surface area contributed by atoms with Gasteiger partial charge >= 0.3 is 5.97 Å². The highest BCUT2D eigenvalue weighted by Gasteiger charge is 2.22. The minimum absolute atomic E-state index is 0.166. The molecule has 1 aromatic heterocycles. The number of unbranched alkanes of at least 4 members (excludes halogenated alkanes) is 14. The van der Waals surface area contributed by atoms with Gasteiger partial charge in [0.25, 0.3) is 5.76 Å². The fourth-order valence-electron chi connectivity index (χ4n) is 3.54. The van der Waals surface area contributed by atoms with Crippen molar-refractivity contribution in [1.82, 2.24) is 0 Å². The highest BCUT2D eigenvalue weighted by Crippen LogP contribution is 2.34. The van der Waals surface area contributed by atoms with Crippen LogP contribution in [0.15, 0.2) is 10.7 Å². The lowest BCUT2D eigenvalue weighted by molar-refractivity contribution is 0.0655. The molecule has 0 aliphatic heterocycles. The predicted molar refractivity (Wildman–Crippen MR) is 122 cm³/mol. The summed E-state index contributed by atoms with van der Waals surface area (Å²) in [6.45, 7) is 5.51. The highest BCUT2D eigenvalue weighted by atomic mass is 16.5. The molecule has 0 amide bonds. The molecule has 5 nitrogen and oxygen atoms in total. The molecule has 1 heterocycles. The van der Waals surface area contributed by atoms with E-state index in [1.807, 2.05) is 0 Å². The van der Waals surface area contributed by atoms with Crippen molar-refractivity contribution in [3.05, 3.63) is 12.0 Å². The minimum Gasteiger partial charge on any atom is -0.487 e. The van der Waals surface area contributed by atoms with Crippen LogP contribution in [0.1, 0.15) is 127 Å². The number of carbonyl (C=O) groups is 1. The van der Waals surface area contributed by atoms with Crippen LogP contribution in [0.5, 0.6) is 11.5 Å². The predicted octanol–water partition coefficient (Wildman–Crippen LogP) is 8.02. The smallest absolute Gasteiger partial charge is 0.375 e. The molecule has 1 N–H and O–H groups in total. The highest BCUT2D eigenvalue weighted by molar-refractivity contribution is 5.88. The van der Waals surface area contributed by atoms with Gasteiger partial charge in [-0.25, -0.2) is 4.79 Å². The lowest BCUT2D eigenvalue weighted by Crippen LogP contribution is -2.05. The maximum Gasteiger partial charge on any atom is 0.375 e. The van der Waals surface area contributed by atoms with Crippen LogP contribution in [0.4, 0.5) is 0 Å². The van der Waals surface area contributed by atoms with Crippen molar-refractivity contribution in [3.8, 4) is 11.5 Å².